The number of alkyl halides is 3. The Kier molecular flexibility index (Phi) is 4.93. The molecule has 1 N–H and O–H groups in total. The molecular weight excluding hydrogens is 351 g/mol. The molecular formula is C14H15BrF3NO2. The highest BCUT2D eigenvalue weighted by molar-refractivity contribution is 9.10. The molecule has 0 saturated heterocycles. The molecule has 2 unspecified atom stereocenters. The number of hydrogen-bond acceptors (Lipinski definition) is 2. The first-order chi connectivity index (χ1) is 9.81. The maximum Gasteiger partial charge on any atom is 0.417 e. The van der Waals surface area contributed by atoms with Crippen LogP contribution in [0.2, 0.25) is 0 Å². The summed E-state index contributed by atoms with van der Waals surface area (Å²) in [6.07, 6.45) is -2.38. The van der Waals surface area contributed by atoms with Crippen molar-refractivity contribution in [2.75, 3.05) is 7.11 Å². The topological polar surface area (TPSA) is 38.3 Å². The smallest absolute Gasteiger partial charge is 0.381 e. The monoisotopic (exact) mass is 365 g/mol. The Morgan fingerprint density at radius 1 is 1.38 bits per heavy atom. The van der Waals surface area contributed by atoms with Gasteiger partial charge in [-0.3, -0.25) is 4.79 Å². The second-order valence-corrected chi connectivity index (χ2v) is 5.94. The van der Waals surface area contributed by atoms with Crippen molar-refractivity contribution < 1.29 is 22.7 Å². The molecule has 0 bridgehead atoms. The van der Waals surface area contributed by atoms with Gasteiger partial charge in [0, 0.05) is 17.6 Å². The van der Waals surface area contributed by atoms with E-state index in [-0.39, 0.29) is 22.2 Å². The molecule has 1 aromatic carbocycles. The van der Waals surface area contributed by atoms with Gasteiger partial charge in [0.25, 0.3) is 5.91 Å². The lowest BCUT2D eigenvalue weighted by atomic mass is 10.1. The summed E-state index contributed by atoms with van der Waals surface area (Å²) in [7, 11) is 1.59. The van der Waals surface area contributed by atoms with E-state index in [0.717, 1.165) is 12.5 Å². The number of methoxy groups -OCH3 is 1. The highest BCUT2D eigenvalue weighted by atomic mass is 79.9. The fourth-order valence-electron chi connectivity index (χ4n) is 2.50. The first kappa shape index (κ1) is 16.3. The Morgan fingerprint density at radius 2 is 2.10 bits per heavy atom. The zero-order valence-corrected chi connectivity index (χ0v) is 12.9. The number of ether oxygens (including phenoxy) is 1. The Balaban J connectivity index is 2.16. The van der Waals surface area contributed by atoms with Crippen LogP contribution in [0.3, 0.4) is 0 Å². The number of hydrogen-bond donors (Lipinski definition) is 1. The second kappa shape index (κ2) is 6.36. The van der Waals surface area contributed by atoms with Gasteiger partial charge in [-0.05, 0) is 37.5 Å². The van der Waals surface area contributed by atoms with Crippen molar-refractivity contribution in [3.63, 3.8) is 0 Å². The molecule has 1 amide bonds. The van der Waals surface area contributed by atoms with Gasteiger partial charge in [0.15, 0.2) is 0 Å². The van der Waals surface area contributed by atoms with Crippen LogP contribution in [0.1, 0.15) is 35.2 Å². The van der Waals surface area contributed by atoms with Crippen molar-refractivity contribution in [3.8, 4) is 0 Å². The zero-order valence-electron chi connectivity index (χ0n) is 11.3. The zero-order chi connectivity index (χ0) is 15.6. The van der Waals surface area contributed by atoms with E-state index in [1.54, 1.807) is 7.11 Å². The maximum absolute atomic E-state index is 13.0. The summed E-state index contributed by atoms with van der Waals surface area (Å²) < 4.78 is 44.5. The van der Waals surface area contributed by atoms with Crippen LogP contribution in [0.5, 0.6) is 0 Å². The van der Waals surface area contributed by atoms with E-state index in [9.17, 15) is 18.0 Å². The van der Waals surface area contributed by atoms with Crippen molar-refractivity contribution in [1.29, 1.82) is 0 Å². The Labute approximate surface area is 129 Å². The summed E-state index contributed by atoms with van der Waals surface area (Å²) in [6, 6.07) is 3.38. The van der Waals surface area contributed by atoms with E-state index >= 15 is 0 Å². The third-order valence-corrected chi connectivity index (χ3v) is 4.08. The first-order valence-corrected chi connectivity index (χ1v) is 7.31. The number of benzene rings is 1. The molecule has 1 aliphatic carbocycles. The van der Waals surface area contributed by atoms with Gasteiger partial charge in [0.05, 0.1) is 17.2 Å². The Morgan fingerprint density at radius 3 is 2.67 bits per heavy atom. The van der Waals surface area contributed by atoms with Crippen molar-refractivity contribution in [1.82, 2.24) is 5.32 Å². The lowest BCUT2D eigenvalue weighted by Gasteiger charge is -2.16. The Hall–Kier alpha value is -1.08. The minimum Gasteiger partial charge on any atom is -0.381 e. The van der Waals surface area contributed by atoms with Crippen LogP contribution in [0.25, 0.3) is 0 Å². The van der Waals surface area contributed by atoms with E-state index in [2.05, 4.69) is 21.2 Å². The van der Waals surface area contributed by atoms with Crippen LogP contribution in [0.15, 0.2) is 22.7 Å². The Bertz CT molecular complexity index is 533. The summed E-state index contributed by atoms with van der Waals surface area (Å²) in [5.41, 5.74) is -1.29. The molecule has 2 atom stereocenters. The molecule has 0 aliphatic heterocycles. The van der Waals surface area contributed by atoms with Gasteiger partial charge in [-0.25, -0.2) is 0 Å². The molecule has 1 saturated carbocycles. The molecule has 0 heterocycles. The molecule has 21 heavy (non-hydrogen) atoms. The quantitative estimate of drug-likeness (QED) is 0.885. The van der Waals surface area contributed by atoms with Gasteiger partial charge < -0.3 is 10.1 Å². The highest BCUT2D eigenvalue weighted by Crippen LogP contribution is 2.34. The van der Waals surface area contributed by atoms with Gasteiger partial charge in [0.1, 0.15) is 0 Å². The number of carbonyl (C=O) groups is 1. The average molecular weight is 366 g/mol. The minimum absolute atomic E-state index is 0.0577. The second-order valence-electron chi connectivity index (χ2n) is 5.03. The highest BCUT2D eigenvalue weighted by Gasteiger charge is 2.36. The van der Waals surface area contributed by atoms with Crippen molar-refractivity contribution in [2.24, 2.45) is 0 Å². The van der Waals surface area contributed by atoms with Gasteiger partial charge in [-0.1, -0.05) is 15.9 Å². The van der Waals surface area contributed by atoms with Gasteiger partial charge in [0.2, 0.25) is 0 Å². The molecule has 1 aliphatic rings. The van der Waals surface area contributed by atoms with E-state index in [4.69, 9.17) is 4.74 Å². The fraction of sp³-hybridized carbons (Fsp3) is 0.500. The number of rotatable bonds is 3. The van der Waals surface area contributed by atoms with Crippen LogP contribution >= 0.6 is 15.9 Å². The maximum atomic E-state index is 13.0. The van der Waals surface area contributed by atoms with Crippen LogP contribution in [0.4, 0.5) is 13.2 Å². The third kappa shape index (κ3) is 3.97. The summed E-state index contributed by atoms with van der Waals surface area (Å²) in [5, 5.41) is 2.66. The predicted molar refractivity (Wildman–Crippen MR) is 75.0 cm³/mol. The number of halogens is 4. The first-order valence-electron chi connectivity index (χ1n) is 6.51. The summed E-state index contributed by atoms with van der Waals surface area (Å²) >= 11 is 3.00. The number of amides is 1. The van der Waals surface area contributed by atoms with Crippen molar-refractivity contribution in [3.05, 3.63) is 33.8 Å². The van der Waals surface area contributed by atoms with E-state index < -0.39 is 17.6 Å². The lowest BCUT2D eigenvalue weighted by Crippen LogP contribution is -2.34. The number of carbonyl (C=O) groups excluding carboxylic acids is 1. The molecule has 3 nitrogen and oxygen atoms in total. The van der Waals surface area contributed by atoms with Crippen LogP contribution < -0.4 is 5.32 Å². The van der Waals surface area contributed by atoms with Crippen molar-refractivity contribution >= 4 is 21.8 Å². The molecule has 116 valence electrons. The third-order valence-electron chi connectivity index (χ3n) is 3.58. The minimum atomic E-state index is -4.57. The molecule has 1 aromatic rings. The normalized spacial score (nSPS) is 22.3. The fourth-order valence-corrected chi connectivity index (χ4v) is 2.86. The number of nitrogens with one attached hydrogen (secondary N) is 1. The standard InChI is InChI=1S/C14H15BrF3NO2/c1-21-10-4-3-9(7-10)19-13(20)11-5-2-8(15)6-12(11)14(16,17)18/h2,5-6,9-10H,3-4,7H2,1H3,(H,19,20). The lowest BCUT2D eigenvalue weighted by molar-refractivity contribution is -0.138. The van der Waals surface area contributed by atoms with E-state index in [1.807, 2.05) is 0 Å². The summed E-state index contributed by atoms with van der Waals surface area (Å²) in [5.74, 6) is -0.698. The predicted octanol–water partition coefficient (Wildman–Crippen LogP) is 3.77. The SMILES string of the molecule is COC1CCC(NC(=O)c2ccc(Br)cc2C(F)(F)F)C1. The molecule has 7 heteroatoms. The average Bonchev–Trinajstić information content (AvgIpc) is 2.85. The van der Waals surface area contributed by atoms with Crippen LogP contribution in [0, 0.1) is 0 Å². The molecule has 2 rings (SSSR count). The van der Waals surface area contributed by atoms with Crippen LogP contribution in [-0.4, -0.2) is 25.2 Å². The van der Waals surface area contributed by atoms with Gasteiger partial charge in [-0.15, -0.1) is 0 Å². The van der Waals surface area contributed by atoms with Gasteiger partial charge >= 0.3 is 6.18 Å². The summed E-state index contributed by atoms with van der Waals surface area (Å²) in [6.45, 7) is 0. The molecule has 0 spiro atoms. The van der Waals surface area contributed by atoms with Crippen molar-refractivity contribution in [2.45, 2.75) is 37.6 Å². The van der Waals surface area contributed by atoms with Gasteiger partial charge in [-0.2, -0.15) is 13.2 Å². The van der Waals surface area contributed by atoms with E-state index in [1.165, 1.54) is 12.1 Å². The largest absolute Gasteiger partial charge is 0.417 e. The molecule has 0 radical (unpaired) electrons. The molecule has 1 fully saturated rings. The summed E-state index contributed by atoms with van der Waals surface area (Å²) in [4.78, 5) is 12.1. The van der Waals surface area contributed by atoms with Crippen LogP contribution in [-0.2, 0) is 10.9 Å². The van der Waals surface area contributed by atoms with E-state index in [0.29, 0.717) is 12.8 Å². The molecule has 0 aromatic heterocycles.